The molecule has 0 bridgehead atoms. The Morgan fingerprint density at radius 3 is 2.17 bits per heavy atom. The van der Waals surface area contributed by atoms with Crippen LogP contribution in [0.3, 0.4) is 0 Å². The highest BCUT2D eigenvalue weighted by Gasteiger charge is 2.23. The van der Waals surface area contributed by atoms with Crippen molar-refractivity contribution >= 4 is 0 Å². The van der Waals surface area contributed by atoms with Crippen molar-refractivity contribution in [1.82, 2.24) is 0 Å². The van der Waals surface area contributed by atoms with Crippen LogP contribution in [0, 0.1) is 0 Å². The largest absolute Gasteiger partial charge is 0.352 e. The monoisotopic (exact) mass is 172 g/mol. The van der Waals surface area contributed by atoms with Gasteiger partial charge in [-0.05, 0) is 32.9 Å². The van der Waals surface area contributed by atoms with E-state index in [2.05, 4.69) is 0 Å². The third-order valence-electron chi connectivity index (χ3n) is 1.40. The molecule has 0 saturated carbocycles. The molecule has 70 valence electrons. The summed E-state index contributed by atoms with van der Waals surface area (Å²) in [6.07, 6.45) is 3.18. The van der Waals surface area contributed by atoms with Gasteiger partial charge in [0.2, 0.25) is 0 Å². The first-order valence-corrected chi connectivity index (χ1v) is 4.06. The molecule has 12 heavy (non-hydrogen) atoms. The van der Waals surface area contributed by atoms with Gasteiger partial charge in [0.1, 0.15) is 0 Å². The second-order valence-corrected chi connectivity index (χ2v) is 3.72. The number of hydrogen-bond acceptors (Lipinski definition) is 3. The van der Waals surface area contributed by atoms with E-state index < -0.39 is 0 Å². The molecule has 0 aromatic carbocycles. The Labute approximate surface area is 73.3 Å². The quantitative estimate of drug-likeness (QED) is 0.593. The van der Waals surface area contributed by atoms with E-state index in [0.29, 0.717) is 0 Å². The molecule has 0 fully saturated rings. The van der Waals surface area contributed by atoms with Gasteiger partial charge in [0.05, 0.1) is 5.60 Å². The summed E-state index contributed by atoms with van der Waals surface area (Å²) in [5, 5.41) is 0. The Morgan fingerprint density at radius 1 is 1.17 bits per heavy atom. The molecule has 1 aliphatic heterocycles. The number of hydrogen-bond donors (Lipinski definition) is 0. The lowest BCUT2D eigenvalue weighted by Crippen LogP contribution is -2.28. The fourth-order valence-electron chi connectivity index (χ4n) is 0.954. The first-order valence-electron chi connectivity index (χ1n) is 4.06. The zero-order valence-electron chi connectivity index (χ0n) is 8.03. The Morgan fingerprint density at radius 2 is 1.75 bits per heavy atom. The maximum absolute atomic E-state index is 5.54. The fraction of sp³-hybridized carbons (Fsp3) is 0.778. The van der Waals surface area contributed by atoms with Crippen LogP contribution in [-0.2, 0) is 14.2 Å². The summed E-state index contributed by atoms with van der Waals surface area (Å²) in [6, 6.07) is 0. The SMILES string of the molecule is COC1C=CC(OC(C)(C)C)O1. The standard InChI is InChI=1S/C9H16O3/c1-9(2,3)12-8-6-5-7(10-4)11-8/h5-8H,1-4H3. The molecule has 0 amide bonds. The van der Waals surface area contributed by atoms with Gasteiger partial charge in [0.25, 0.3) is 0 Å². The van der Waals surface area contributed by atoms with Crippen LogP contribution in [0.25, 0.3) is 0 Å². The van der Waals surface area contributed by atoms with Crippen LogP contribution < -0.4 is 0 Å². The zero-order valence-corrected chi connectivity index (χ0v) is 8.03. The van der Waals surface area contributed by atoms with Crippen LogP contribution in [0.5, 0.6) is 0 Å². The van der Waals surface area contributed by atoms with Crippen molar-refractivity contribution in [2.45, 2.75) is 39.0 Å². The van der Waals surface area contributed by atoms with E-state index in [4.69, 9.17) is 14.2 Å². The highest BCUT2D eigenvalue weighted by Crippen LogP contribution is 2.18. The van der Waals surface area contributed by atoms with Crippen LogP contribution in [0.1, 0.15) is 20.8 Å². The van der Waals surface area contributed by atoms with Crippen LogP contribution in [0.4, 0.5) is 0 Å². The summed E-state index contributed by atoms with van der Waals surface area (Å²) >= 11 is 0. The van der Waals surface area contributed by atoms with Crippen molar-refractivity contribution in [3.63, 3.8) is 0 Å². The first kappa shape index (κ1) is 9.71. The molecule has 0 aliphatic carbocycles. The van der Waals surface area contributed by atoms with Gasteiger partial charge in [-0.15, -0.1) is 0 Å². The molecule has 1 rings (SSSR count). The third-order valence-corrected chi connectivity index (χ3v) is 1.40. The van der Waals surface area contributed by atoms with Crippen molar-refractivity contribution in [3.8, 4) is 0 Å². The Hall–Kier alpha value is -0.380. The zero-order chi connectivity index (χ0) is 9.19. The Bertz CT molecular complexity index is 169. The second-order valence-electron chi connectivity index (χ2n) is 3.72. The maximum atomic E-state index is 5.54. The molecule has 0 saturated heterocycles. The predicted molar refractivity (Wildman–Crippen MR) is 45.6 cm³/mol. The van der Waals surface area contributed by atoms with E-state index >= 15 is 0 Å². The molecule has 3 heteroatoms. The van der Waals surface area contributed by atoms with Crippen LogP contribution >= 0.6 is 0 Å². The van der Waals surface area contributed by atoms with Crippen molar-refractivity contribution in [2.75, 3.05) is 7.11 Å². The predicted octanol–water partition coefficient (Wildman–Crippen LogP) is 1.69. The molecule has 0 aromatic heterocycles. The summed E-state index contributed by atoms with van der Waals surface area (Å²) < 4.78 is 15.8. The van der Waals surface area contributed by atoms with E-state index in [0.717, 1.165) is 0 Å². The normalized spacial score (nSPS) is 29.7. The van der Waals surface area contributed by atoms with E-state index in [1.165, 1.54) is 0 Å². The van der Waals surface area contributed by atoms with Crippen molar-refractivity contribution in [1.29, 1.82) is 0 Å². The van der Waals surface area contributed by atoms with Gasteiger partial charge in [0.15, 0.2) is 12.6 Å². The average molecular weight is 172 g/mol. The van der Waals surface area contributed by atoms with Gasteiger partial charge in [-0.2, -0.15) is 0 Å². The lowest BCUT2D eigenvalue weighted by Gasteiger charge is -2.24. The van der Waals surface area contributed by atoms with E-state index in [1.807, 2.05) is 32.9 Å². The molecule has 1 heterocycles. The number of methoxy groups -OCH3 is 1. The lowest BCUT2D eigenvalue weighted by molar-refractivity contribution is -0.216. The van der Waals surface area contributed by atoms with E-state index in [1.54, 1.807) is 7.11 Å². The first-order chi connectivity index (χ1) is 5.51. The molecular weight excluding hydrogens is 156 g/mol. The van der Waals surface area contributed by atoms with E-state index in [9.17, 15) is 0 Å². The smallest absolute Gasteiger partial charge is 0.181 e. The summed E-state index contributed by atoms with van der Waals surface area (Å²) in [4.78, 5) is 0. The summed E-state index contributed by atoms with van der Waals surface area (Å²) in [5.74, 6) is 0. The fourth-order valence-corrected chi connectivity index (χ4v) is 0.954. The van der Waals surface area contributed by atoms with Gasteiger partial charge in [-0.3, -0.25) is 0 Å². The molecule has 0 N–H and O–H groups in total. The van der Waals surface area contributed by atoms with Gasteiger partial charge < -0.3 is 14.2 Å². The van der Waals surface area contributed by atoms with Gasteiger partial charge in [-0.1, -0.05) is 0 Å². The number of ether oxygens (including phenoxy) is 3. The molecule has 1 aliphatic rings. The van der Waals surface area contributed by atoms with Gasteiger partial charge in [-0.25, -0.2) is 0 Å². The molecule has 0 aromatic rings. The van der Waals surface area contributed by atoms with Crippen LogP contribution in [0.15, 0.2) is 12.2 Å². The molecule has 2 unspecified atom stereocenters. The molecule has 3 nitrogen and oxygen atoms in total. The van der Waals surface area contributed by atoms with Gasteiger partial charge >= 0.3 is 0 Å². The minimum absolute atomic E-state index is 0.183. The number of rotatable bonds is 2. The molecular formula is C9H16O3. The minimum Gasteiger partial charge on any atom is -0.352 e. The van der Waals surface area contributed by atoms with Gasteiger partial charge in [0, 0.05) is 7.11 Å². The molecule has 0 spiro atoms. The topological polar surface area (TPSA) is 27.7 Å². The Kier molecular flexibility index (Phi) is 2.88. The summed E-state index contributed by atoms with van der Waals surface area (Å²) in [7, 11) is 1.61. The highest BCUT2D eigenvalue weighted by molar-refractivity contribution is 4.95. The van der Waals surface area contributed by atoms with Crippen molar-refractivity contribution < 1.29 is 14.2 Å². The lowest BCUT2D eigenvalue weighted by atomic mass is 10.2. The van der Waals surface area contributed by atoms with Crippen LogP contribution in [0.2, 0.25) is 0 Å². The summed E-state index contributed by atoms with van der Waals surface area (Å²) in [6.45, 7) is 5.97. The molecule has 0 radical (unpaired) electrons. The molecule has 2 atom stereocenters. The maximum Gasteiger partial charge on any atom is 0.181 e. The third kappa shape index (κ3) is 2.93. The van der Waals surface area contributed by atoms with Crippen molar-refractivity contribution in [3.05, 3.63) is 12.2 Å². The highest BCUT2D eigenvalue weighted by atomic mass is 16.8. The Balaban J connectivity index is 2.34. The average Bonchev–Trinajstić information content (AvgIpc) is 2.32. The van der Waals surface area contributed by atoms with Crippen LogP contribution in [-0.4, -0.2) is 25.3 Å². The second kappa shape index (κ2) is 3.56. The van der Waals surface area contributed by atoms with Crippen molar-refractivity contribution in [2.24, 2.45) is 0 Å². The minimum atomic E-state index is -0.269. The van der Waals surface area contributed by atoms with E-state index in [-0.39, 0.29) is 18.2 Å². The summed E-state index contributed by atoms with van der Waals surface area (Å²) in [5.41, 5.74) is -0.183.